The maximum absolute atomic E-state index is 13.7. The van der Waals surface area contributed by atoms with Gasteiger partial charge < -0.3 is 4.90 Å². The molecule has 0 aliphatic rings. The number of thiazole rings is 1. The highest BCUT2D eigenvalue weighted by Crippen LogP contribution is 2.30. The molecule has 2 heterocycles. The van der Waals surface area contributed by atoms with Gasteiger partial charge >= 0.3 is 6.18 Å². The molecule has 0 bridgehead atoms. The summed E-state index contributed by atoms with van der Waals surface area (Å²) < 4.78 is 54.2. The van der Waals surface area contributed by atoms with Gasteiger partial charge in [-0.1, -0.05) is 24.3 Å². The van der Waals surface area contributed by atoms with Gasteiger partial charge in [-0.15, -0.1) is 11.3 Å². The van der Waals surface area contributed by atoms with Gasteiger partial charge in [-0.3, -0.25) is 14.2 Å². The zero-order valence-corrected chi connectivity index (χ0v) is 21.9. The first-order chi connectivity index (χ1) is 19.1. The van der Waals surface area contributed by atoms with Crippen LogP contribution < -0.4 is 5.56 Å². The largest absolute Gasteiger partial charge is 0.416 e. The van der Waals surface area contributed by atoms with Crippen LogP contribution in [-0.4, -0.2) is 25.3 Å². The summed E-state index contributed by atoms with van der Waals surface area (Å²) in [6.45, 7) is 1.80. The lowest BCUT2D eigenvalue weighted by molar-refractivity contribution is -0.137. The standard InChI is InChI=1S/C29H22F4N4O2S/c1-18(27-35-24-5-3-2-4-23(24)28(39)37(27)22-12-10-21(30)11-13-22)36(17-25-34-14-15-40-25)26(38)16-19-6-8-20(9-7-19)29(31,32)33/h2-15,18H,16-17H2,1H3/t18-/m1/s1. The lowest BCUT2D eigenvalue weighted by Crippen LogP contribution is -2.38. The fourth-order valence-electron chi connectivity index (χ4n) is 4.41. The van der Waals surface area contributed by atoms with E-state index < -0.39 is 29.5 Å². The number of rotatable bonds is 7. The first kappa shape index (κ1) is 27.2. The van der Waals surface area contributed by atoms with E-state index in [0.29, 0.717) is 27.2 Å². The van der Waals surface area contributed by atoms with Crippen LogP contribution in [0.2, 0.25) is 0 Å². The topological polar surface area (TPSA) is 68.1 Å². The molecule has 0 saturated heterocycles. The fraction of sp³-hybridized carbons (Fsp3) is 0.172. The molecule has 0 fully saturated rings. The number of aromatic nitrogens is 3. The lowest BCUT2D eigenvalue weighted by Gasteiger charge is -2.30. The summed E-state index contributed by atoms with van der Waals surface area (Å²) >= 11 is 1.34. The van der Waals surface area contributed by atoms with E-state index in [2.05, 4.69) is 4.98 Å². The SMILES string of the molecule is C[C@H](c1nc2ccccc2c(=O)n1-c1ccc(F)cc1)N(Cc1nccs1)C(=O)Cc1ccc(C(F)(F)F)cc1. The van der Waals surface area contributed by atoms with Crippen molar-refractivity contribution in [2.75, 3.05) is 0 Å². The molecule has 0 N–H and O–H groups in total. The molecule has 0 saturated carbocycles. The molecule has 204 valence electrons. The molecule has 5 rings (SSSR count). The van der Waals surface area contributed by atoms with E-state index in [0.717, 1.165) is 12.1 Å². The van der Waals surface area contributed by atoms with E-state index in [9.17, 15) is 27.2 Å². The summed E-state index contributed by atoms with van der Waals surface area (Å²) in [6, 6.07) is 15.8. The van der Waals surface area contributed by atoms with E-state index in [1.165, 1.54) is 57.2 Å². The Morgan fingerprint density at radius 3 is 2.38 bits per heavy atom. The van der Waals surface area contributed by atoms with Crippen molar-refractivity contribution in [3.05, 3.63) is 123 Å². The minimum atomic E-state index is -4.49. The molecule has 0 spiro atoms. The highest BCUT2D eigenvalue weighted by Gasteiger charge is 2.31. The number of halogens is 4. The second-order valence-electron chi connectivity index (χ2n) is 9.10. The van der Waals surface area contributed by atoms with Crippen molar-refractivity contribution in [2.45, 2.75) is 32.1 Å². The Morgan fingerprint density at radius 1 is 1.02 bits per heavy atom. The van der Waals surface area contributed by atoms with Crippen LogP contribution in [0.3, 0.4) is 0 Å². The molecule has 40 heavy (non-hydrogen) atoms. The van der Waals surface area contributed by atoms with Crippen LogP contribution in [0.15, 0.2) is 89.2 Å². The average Bonchev–Trinajstić information content (AvgIpc) is 3.45. The third-order valence-electron chi connectivity index (χ3n) is 6.47. The molecule has 6 nitrogen and oxygen atoms in total. The van der Waals surface area contributed by atoms with E-state index >= 15 is 0 Å². The van der Waals surface area contributed by atoms with Crippen LogP contribution in [0.25, 0.3) is 16.6 Å². The Labute approximate surface area is 230 Å². The summed E-state index contributed by atoms with van der Waals surface area (Å²) in [7, 11) is 0. The molecule has 1 atom stereocenters. The lowest BCUT2D eigenvalue weighted by atomic mass is 10.1. The van der Waals surface area contributed by atoms with Crippen molar-refractivity contribution in [2.24, 2.45) is 0 Å². The van der Waals surface area contributed by atoms with Crippen molar-refractivity contribution in [1.29, 1.82) is 0 Å². The van der Waals surface area contributed by atoms with E-state index in [4.69, 9.17) is 4.98 Å². The third-order valence-corrected chi connectivity index (χ3v) is 7.24. The number of nitrogens with zero attached hydrogens (tertiary/aromatic N) is 4. The summed E-state index contributed by atoms with van der Waals surface area (Å²) in [4.78, 5) is 37.9. The molecular formula is C29H22F4N4O2S. The predicted octanol–water partition coefficient (Wildman–Crippen LogP) is 6.33. The summed E-state index contributed by atoms with van der Waals surface area (Å²) in [5.74, 6) is -0.625. The van der Waals surface area contributed by atoms with E-state index in [-0.39, 0.29) is 24.3 Å². The van der Waals surface area contributed by atoms with Gasteiger partial charge in [0.05, 0.1) is 41.2 Å². The zero-order valence-electron chi connectivity index (χ0n) is 21.1. The zero-order chi connectivity index (χ0) is 28.4. The molecule has 5 aromatic rings. The van der Waals surface area contributed by atoms with Crippen LogP contribution in [0.1, 0.15) is 34.9 Å². The van der Waals surface area contributed by atoms with Crippen molar-refractivity contribution >= 4 is 28.1 Å². The van der Waals surface area contributed by atoms with Gasteiger partial charge in [0.15, 0.2) is 0 Å². The Hall–Kier alpha value is -4.38. The first-order valence-corrected chi connectivity index (χ1v) is 13.1. The van der Waals surface area contributed by atoms with Crippen LogP contribution >= 0.6 is 11.3 Å². The Balaban J connectivity index is 1.58. The molecule has 0 aliphatic heterocycles. The van der Waals surface area contributed by atoms with Crippen LogP contribution in [0.4, 0.5) is 17.6 Å². The molecule has 0 radical (unpaired) electrons. The van der Waals surface area contributed by atoms with E-state index in [1.807, 2.05) is 0 Å². The van der Waals surface area contributed by atoms with Gasteiger partial charge in [0, 0.05) is 11.6 Å². The normalized spacial score (nSPS) is 12.4. The van der Waals surface area contributed by atoms with E-state index in [1.54, 1.807) is 42.8 Å². The van der Waals surface area contributed by atoms with Gasteiger partial charge in [-0.25, -0.2) is 14.4 Å². The molecule has 11 heteroatoms. The number of hydrogen-bond acceptors (Lipinski definition) is 5. The Bertz CT molecular complexity index is 1700. The first-order valence-electron chi connectivity index (χ1n) is 12.2. The smallest absolute Gasteiger partial charge is 0.326 e. The third kappa shape index (κ3) is 5.64. The Morgan fingerprint density at radius 2 is 1.73 bits per heavy atom. The minimum absolute atomic E-state index is 0.0877. The minimum Gasteiger partial charge on any atom is -0.326 e. The average molecular weight is 567 g/mol. The molecule has 0 aliphatic carbocycles. The monoisotopic (exact) mass is 566 g/mol. The predicted molar refractivity (Wildman–Crippen MR) is 144 cm³/mol. The van der Waals surface area contributed by atoms with Crippen molar-refractivity contribution in [3.63, 3.8) is 0 Å². The maximum atomic E-state index is 13.7. The van der Waals surface area contributed by atoms with Crippen molar-refractivity contribution < 1.29 is 22.4 Å². The highest BCUT2D eigenvalue weighted by molar-refractivity contribution is 7.09. The molecule has 2 aromatic heterocycles. The van der Waals surface area contributed by atoms with Gasteiger partial charge in [-0.2, -0.15) is 13.2 Å². The van der Waals surface area contributed by atoms with Gasteiger partial charge in [0.25, 0.3) is 5.56 Å². The maximum Gasteiger partial charge on any atom is 0.416 e. The second kappa shape index (κ2) is 11.0. The summed E-state index contributed by atoms with van der Waals surface area (Å²) in [5, 5.41) is 2.75. The molecule has 3 aromatic carbocycles. The number of carbonyl (C=O) groups is 1. The highest BCUT2D eigenvalue weighted by atomic mass is 32.1. The van der Waals surface area contributed by atoms with Crippen LogP contribution in [0, 0.1) is 5.82 Å². The van der Waals surface area contributed by atoms with Gasteiger partial charge in [-0.05, 0) is 61.0 Å². The number of para-hydroxylation sites is 1. The Kier molecular flexibility index (Phi) is 7.49. The number of benzene rings is 3. The molecule has 0 unspecified atom stereocenters. The van der Waals surface area contributed by atoms with Gasteiger partial charge in [0.1, 0.15) is 16.6 Å². The number of fused-ring (bicyclic) bond motifs is 1. The summed E-state index contributed by atoms with van der Waals surface area (Å²) in [6.07, 6.45) is -3.06. The van der Waals surface area contributed by atoms with Gasteiger partial charge in [0.2, 0.25) is 5.91 Å². The summed E-state index contributed by atoms with van der Waals surface area (Å²) in [5.41, 5.74) is 0.00792. The molecule has 1 amide bonds. The number of hydrogen-bond donors (Lipinski definition) is 0. The molecular weight excluding hydrogens is 544 g/mol. The quantitative estimate of drug-likeness (QED) is 0.216. The van der Waals surface area contributed by atoms with Crippen LogP contribution in [-0.2, 0) is 23.9 Å². The van der Waals surface area contributed by atoms with Crippen LogP contribution in [0.5, 0.6) is 0 Å². The van der Waals surface area contributed by atoms with Crippen molar-refractivity contribution in [3.8, 4) is 5.69 Å². The van der Waals surface area contributed by atoms with Crippen molar-refractivity contribution in [1.82, 2.24) is 19.4 Å². The number of carbonyl (C=O) groups excluding carboxylic acids is 1. The number of amides is 1. The fourth-order valence-corrected chi connectivity index (χ4v) is 5.03. The second-order valence-corrected chi connectivity index (χ2v) is 10.1. The number of alkyl halides is 3.